The van der Waals surface area contributed by atoms with Gasteiger partial charge in [-0.1, -0.05) is 67.9 Å². The van der Waals surface area contributed by atoms with E-state index in [9.17, 15) is 0 Å². The van der Waals surface area contributed by atoms with Crippen LogP contribution in [0.4, 0.5) is 0 Å². The predicted molar refractivity (Wildman–Crippen MR) is 73.2 cm³/mol. The van der Waals surface area contributed by atoms with E-state index in [0.717, 1.165) is 6.42 Å². The molecule has 0 nitrogen and oxygen atoms in total. The van der Waals surface area contributed by atoms with Gasteiger partial charge in [-0.25, -0.2) is 0 Å². The van der Waals surface area contributed by atoms with Crippen molar-refractivity contribution >= 4 is 0 Å². The Bertz CT molecular complexity index is 463. The van der Waals surface area contributed by atoms with Crippen LogP contribution in [0.3, 0.4) is 0 Å². The van der Waals surface area contributed by atoms with Crippen molar-refractivity contribution in [3.05, 3.63) is 71.3 Å². The van der Waals surface area contributed by atoms with Crippen LogP contribution in [0.5, 0.6) is 0 Å². The van der Waals surface area contributed by atoms with Crippen molar-refractivity contribution < 1.29 is 0 Å². The van der Waals surface area contributed by atoms with Crippen LogP contribution in [-0.2, 0) is 11.8 Å². The van der Waals surface area contributed by atoms with Crippen molar-refractivity contribution in [3.63, 3.8) is 0 Å². The highest BCUT2D eigenvalue weighted by atomic mass is 14.2. The summed E-state index contributed by atoms with van der Waals surface area (Å²) >= 11 is 0. The molecule has 2 aromatic rings. The molecule has 0 N–H and O–H groups in total. The Balaban J connectivity index is 2.20. The van der Waals surface area contributed by atoms with Crippen LogP contribution in [0.25, 0.3) is 0 Å². The summed E-state index contributed by atoms with van der Waals surface area (Å²) in [5.41, 5.74) is 4.26. The van der Waals surface area contributed by atoms with Crippen LogP contribution in [0.1, 0.15) is 30.5 Å². The standard InChI is InChI=1S/C17H19/c1-14-9-11-15(12-10-14)13-17(2,3)16-7-5-4-6-8-16/h5-12H,13H2,1-3H3. The third kappa shape index (κ3) is 2.97. The van der Waals surface area contributed by atoms with Gasteiger partial charge >= 0.3 is 0 Å². The molecular weight excluding hydrogens is 204 g/mol. The van der Waals surface area contributed by atoms with Crippen LogP contribution in [-0.4, -0.2) is 0 Å². The number of hydrogen-bond donors (Lipinski definition) is 0. The van der Waals surface area contributed by atoms with Crippen molar-refractivity contribution in [2.24, 2.45) is 0 Å². The predicted octanol–water partition coefficient (Wildman–Crippen LogP) is 4.32. The van der Waals surface area contributed by atoms with Crippen LogP contribution < -0.4 is 0 Å². The molecule has 17 heavy (non-hydrogen) atoms. The minimum atomic E-state index is 0.171. The first-order valence-corrected chi connectivity index (χ1v) is 6.10. The summed E-state index contributed by atoms with van der Waals surface area (Å²) in [5.74, 6) is 0. The zero-order chi connectivity index (χ0) is 12.3. The fourth-order valence-electron chi connectivity index (χ4n) is 2.16. The van der Waals surface area contributed by atoms with Crippen molar-refractivity contribution in [2.45, 2.75) is 32.6 Å². The lowest BCUT2D eigenvalue weighted by atomic mass is 9.79. The molecule has 2 rings (SSSR count). The zero-order valence-electron chi connectivity index (χ0n) is 10.8. The van der Waals surface area contributed by atoms with E-state index in [0.29, 0.717) is 0 Å². The minimum Gasteiger partial charge on any atom is -0.0591 e. The second-order valence-corrected chi connectivity index (χ2v) is 5.33. The maximum atomic E-state index is 3.08. The highest BCUT2D eigenvalue weighted by Gasteiger charge is 2.20. The third-order valence-electron chi connectivity index (χ3n) is 3.27. The van der Waals surface area contributed by atoms with Crippen LogP contribution >= 0.6 is 0 Å². The fraction of sp³-hybridized carbons (Fsp3) is 0.294. The molecule has 0 heterocycles. The molecule has 0 aliphatic carbocycles. The Morgan fingerprint density at radius 3 is 2.12 bits per heavy atom. The van der Waals surface area contributed by atoms with Gasteiger partial charge in [-0.3, -0.25) is 0 Å². The lowest BCUT2D eigenvalue weighted by Crippen LogP contribution is -2.20. The smallest absolute Gasteiger partial charge is 0.00632 e. The van der Waals surface area contributed by atoms with E-state index in [4.69, 9.17) is 0 Å². The highest BCUT2D eigenvalue weighted by molar-refractivity contribution is 5.29. The summed E-state index contributed by atoms with van der Waals surface area (Å²) in [5, 5.41) is 0. The van der Waals surface area contributed by atoms with Gasteiger partial charge in [0.15, 0.2) is 0 Å². The van der Waals surface area contributed by atoms with E-state index >= 15 is 0 Å². The molecule has 0 spiro atoms. The van der Waals surface area contributed by atoms with Gasteiger partial charge in [0, 0.05) is 0 Å². The Kier molecular flexibility index (Phi) is 3.33. The molecule has 0 bridgehead atoms. The number of benzene rings is 2. The lowest BCUT2D eigenvalue weighted by Gasteiger charge is -2.25. The normalized spacial score (nSPS) is 11.5. The van der Waals surface area contributed by atoms with Crippen molar-refractivity contribution in [2.75, 3.05) is 0 Å². The summed E-state index contributed by atoms with van der Waals surface area (Å²) in [6.07, 6.45) is 1.07. The second-order valence-electron chi connectivity index (χ2n) is 5.33. The van der Waals surface area contributed by atoms with E-state index in [1.165, 1.54) is 16.7 Å². The molecule has 0 amide bonds. The molecule has 0 fully saturated rings. The topological polar surface area (TPSA) is 0 Å². The molecule has 1 radical (unpaired) electrons. The van der Waals surface area contributed by atoms with Crippen LogP contribution in [0, 0.1) is 13.0 Å². The maximum absolute atomic E-state index is 3.08. The molecule has 0 atom stereocenters. The van der Waals surface area contributed by atoms with Gasteiger partial charge in [0.1, 0.15) is 0 Å². The first-order chi connectivity index (χ1) is 8.08. The van der Waals surface area contributed by atoms with E-state index in [1.54, 1.807) is 0 Å². The summed E-state index contributed by atoms with van der Waals surface area (Å²) in [6.45, 7) is 6.71. The molecular formula is C17H19. The van der Waals surface area contributed by atoms with Crippen molar-refractivity contribution in [1.82, 2.24) is 0 Å². The molecule has 0 heteroatoms. The average Bonchev–Trinajstić information content (AvgIpc) is 2.33. The van der Waals surface area contributed by atoms with Gasteiger partial charge in [0.25, 0.3) is 0 Å². The quantitative estimate of drug-likeness (QED) is 0.727. The Morgan fingerprint density at radius 2 is 1.53 bits per heavy atom. The fourth-order valence-corrected chi connectivity index (χ4v) is 2.16. The number of hydrogen-bond acceptors (Lipinski definition) is 0. The van der Waals surface area contributed by atoms with E-state index in [2.05, 4.69) is 63.2 Å². The Hall–Kier alpha value is -1.56. The summed E-state index contributed by atoms with van der Waals surface area (Å²) < 4.78 is 0. The van der Waals surface area contributed by atoms with Gasteiger partial charge in [-0.15, -0.1) is 0 Å². The van der Waals surface area contributed by atoms with Crippen LogP contribution in [0.2, 0.25) is 0 Å². The molecule has 0 unspecified atom stereocenters. The van der Waals surface area contributed by atoms with Gasteiger partial charge in [0.05, 0.1) is 0 Å². The van der Waals surface area contributed by atoms with Gasteiger partial charge in [0.2, 0.25) is 0 Å². The third-order valence-corrected chi connectivity index (χ3v) is 3.27. The van der Waals surface area contributed by atoms with Gasteiger partial charge in [-0.2, -0.15) is 0 Å². The Labute approximate surface area is 104 Å². The number of aryl methyl sites for hydroxylation is 1. The van der Waals surface area contributed by atoms with Crippen LogP contribution in [0.15, 0.2) is 48.5 Å². The SMILES string of the molecule is Cc1ccc(CC(C)(C)c2cc[c]cc2)cc1. The molecule has 0 saturated carbocycles. The van der Waals surface area contributed by atoms with E-state index in [-0.39, 0.29) is 5.41 Å². The molecule has 0 aromatic heterocycles. The van der Waals surface area contributed by atoms with Gasteiger partial charge in [-0.05, 0) is 36.0 Å². The van der Waals surface area contributed by atoms with E-state index < -0.39 is 0 Å². The zero-order valence-corrected chi connectivity index (χ0v) is 10.8. The van der Waals surface area contributed by atoms with Crippen molar-refractivity contribution in [3.8, 4) is 0 Å². The number of rotatable bonds is 3. The highest BCUT2D eigenvalue weighted by Crippen LogP contribution is 2.27. The molecule has 0 saturated heterocycles. The van der Waals surface area contributed by atoms with Crippen molar-refractivity contribution in [1.29, 1.82) is 0 Å². The molecule has 0 aliphatic heterocycles. The van der Waals surface area contributed by atoms with Gasteiger partial charge < -0.3 is 0 Å². The first kappa shape index (κ1) is 11.9. The molecule has 2 aromatic carbocycles. The largest absolute Gasteiger partial charge is 0.0591 e. The summed E-state index contributed by atoms with van der Waals surface area (Å²) in [4.78, 5) is 0. The Morgan fingerprint density at radius 1 is 0.941 bits per heavy atom. The van der Waals surface area contributed by atoms with E-state index in [1.807, 2.05) is 12.1 Å². The maximum Gasteiger partial charge on any atom is -0.00632 e. The average molecular weight is 223 g/mol. The second kappa shape index (κ2) is 4.75. The summed E-state index contributed by atoms with van der Waals surface area (Å²) in [7, 11) is 0. The molecule has 0 aliphatic rings. The first-order valence-electron chi connectivity index (χ1n) is 6.10. The minimum absolute atomic E-state index is 0.171. The molecule has 87 valence electrons. The monoisotopic (exact) mass is 223 g/mol. The lowest BCUT2D eigenvalue weighted by molar-refractivity contribution is 0.522. The summed E-state index contributed by atoms with van der Waals surface area (Å²) in [6, 6.07) is 20.2.